The Labute approximate surface area is 148 Å². The van der Waals surface area contributed by atoms with Gasteiger partial charge in [0.25, 0.3) is 5.91 Å². The van der Waals surface area contributed by atoms with Crippen molar-refractivity contribution in [1.29, 1.82) is 0 Å². The van der Waals surface area contributed by atoms with Crippen molar-refractivity contribution in [3.8, 4) is 0 Å². The Balaban J connectivity index is 1.71. The molecule has 0 spiro atoms. The number of imide groups is 1. The molecule has 3 aliphatic heterocycles. The average Bonchev–Trinajstić information content (AvgIpc) is 2.96. The maximum absolute atomic E-state index is 14.4. The van der Waals surface area contributed by atoms with Gasteiger partial charge in [0, 0.05) is 56.5 Å². The van der Waals surface area contributed by atoms with Crippen molar-refractivity contribution < 1.29 is 23.2 Å². The number of piperazine rings is 1. The van der Waals surface area contributed by atoms with Gasteiger partial charge in [-0.3, -0.25) is 19.7 Å². The minimum absolute atomic E-state index is 0.0247. The molecule has 3 heterocycles. The molecule has 0 aromatic heterocycles. The number of benzene rings is 1. The molecule has 4 rings (SSSR count). The van der Waals surface area contributed by atoms with Gasteiger partial charge < -0.3 is 15.1 Å². The van der Waals surface area contributed by atoms with Gasteiger partial charge in [0.2, 0.25) is 11.8 Å². The third kappa shape index (κ3) is 2.63. The van der Waals surface area contributed by atoms with E-state index in [9.17, 15) is 23.2 Å². The van der Waals surface area contributed by atoms with Gasteiger partial charge in [-0.2, -0.15) is 0 Å². The number of hydrogen-bond acceptors (Lipinski definition) is 5. The Morgan fingerprint density at radius 2 is 1.85 bits per heavy atom. The van der Waals surface area contributed by atoms with E-state index in [1.165, 1.54) is 4.90 Å². The molecule has 0 saturated carbocycles. The summed E-state index contributed by atoms with van der Waals surface area (Å²) in [6, 6.07) is 0.270. The van der Waals surface area contributed by atoms with Crippen LogP contribution >= 0.6 is 0 Å². The summed E-state index contributed by atoms with van der Waals surface area (Å²) in [5.74, 6) is -3.93. The molecular formula is C17H18F2N4O3. The maximum atomic E-state index is 14.4. The van der Waals surface area contributed by atoms with E-state index in [4.69, 9.17) is 0 Å². The Kier molecular flexibility index (Phi) is 4.10. The number of fused-ring (bicyclic) bond motifs is 1. The van der Waals surface area contributed by atoms with Gasteiger partial charge in [0.1, 0.15) is 6.04 Å². The van der Waals surface area contributed by atoms with Crippen molar-refractivity contribution in [3.05, 3.63) is 28.8 Å². The van der Waals surface area contributed by atoms with Gasteiger partial charge in [-0.05, 0) is 6.42 Å². The Bertz CT molecular complexity index is 808. The van der Waals surface area contributed by atoms with Gasteiger partial charge in [-0.25, -0.2) is 8.78 Å². The van der Waals surface area contributed by atoms with Crippen molar-refractivity contribution >= 4 is 23.4 Å². The lowest BCUT2D eigenvalue weighted by Gasteiger charge is -2.32. The lowest BCUT2D eigenvalue weighted by Crippen LogP contribution is -2.52. The van der Waals surface area contributed by atoms with E-state index in [1.807, 2.05) is 4.90 Å². The number of nitrogens with one attached hydrogen (secondary N) is 2. The van der Waals surface area contributed by atoms with Gasteiger partial charge in [-0.1, -0.05) is 0 Å². The average molecular weight is 364 g/mol. The number of anilines is 1. The van der Waals surface area contributed by atoms with Crippen LogP contribution in [-0.2, 0) is 16.1 Å². The summed E-state index contributed by atoms with van der Waals surface area (Å²) in [5.41, 5.74) is 0.590. The van der Waals surface area contributed by atoms with E-state index >= 15 is 0 Å². The van der Waals surface area contributed by atoms with E-state index < -0.39 is 35.4 Å². The molecule has 7 nitrogen and oxygen atoms in total. The van der Waals surface area contributed by atoms with E-state index in [1.54, 1.807) is 0 Å². The van der Waals surface area contributed by atoms with Crippen LogP contribution in [-0.4, -0.2) is 54.8 Å². The summed E-state index contributed by atoms with van der Waals surface area (Å²) < 4.78 is 28.5. The van der Waals surface area contributed by atoms with Crippen LogP contribution in [0.1, 0.15) is 28.8 Å². The first-order valence-electron chi connectivity index (χ1n) is 8.58. The fraction of sp³-hybridized carbons (Fsp3) is 0.471. The van der Waals surface area contributed by atoms with Crippen LogP contribution in [0.4, 0.5) is 14.5 Å². The molecule has 2 fully saturated rings. The topological polar surface area (TPSA) is 81.8 Å². The monoisotopic (exact) mass is 364 g/mol. The number of carbonyl (C=O) groups excluding carboxylic acids is 3. The molecule has 9 heteroatoms. The number of rotatable bonds is 2. The lowest BCUT2D eigenvalue weighted by atomic mass is 10.0. The van der Waals surface area contributed by atoms with Crippen LogP contribution in [0.2, 0.25) is 0 Å². The highest BCUT2D eigenvalue weighted by Gasteiger charge is 2.42. The number of carbonyl (C=O) groups is 3. The van der Waals surface area contributed by atoms with Gasteiger partial charge in [-0.15, -0.1) is 0 Å². The third-order valence-electron chi connectivity index (χ3n) is 5.15. The quantitative estimate of drug-likeness (QED) is 0.730. The van der Waals surface area contributed by atoms with E-state index in [0.29, 0.717) is 37.4 Å². The molecule has 1 aromatic carbocycles. The maximum Gasteiger partial charge on any atom is 0.258 e. The highest BCUT2D eigenvalue weighted by molar-refractivity contribution is 6.06. The third-order valence-corrected chi connectivity index (χ3v) is 5.15. The number of hydrogen-bond donors (Lipinski definition) is 2. The zero-order chi connectivity index (χ0) is 18.4. The summed E-state index contributed by atoms with van der Waals surface area (Å²) in [7, 11) is 0. The van der Waals surface area contributed by atoms with E-state index in [2.05, 4.69) is 10.6 Å². The Morgan fingerprint density at radius 1 is 1.12 bits per heavy atom. The van der Waals surface area contributed by atoms with Crippen LogP contribution in [0.15, 0.2) is 6.07 Å². The molecule has 1 unspecified atom stereocenters. The first kappa shape index (κ1) is 16.9. The Morgan fingerprint density at radius 3 is 2.54 bits per heavy atom. The minimum atomic E-state index is -1.18. The first-order valence-corrected chi connectivity index (χ1v) is 8.58. The van der Waals surface area contributed by atoms with Crippen molar-refractivity contribution in [3.63, 3.8) is 0 Å². The molecule has 1 aromatic rings. The molecular weight excluding hydrogens is 346 g/mol. The van der Waals surface area contributed by atoms with Gasteiger partial charge >= 0.3 is 0 Å². The van der Waals surface area contributed by atoms with Crippen LogP contribution in [0, 0.1) is 11.6 Å². The van der Waals surface area contributed by atoms with Crippen LogP contribution in [0.5, 0.6) is 0 Å². The van der Waals surface area contributed by atoms with Crippen molar-refractivity contribution in [2.45, 2.75) is 25.4 Å². The van der Waals surface area contributed by atoms with Gasteiger partial charge in [0.05, 0.1) is 5.56 Å². The molecule has 0 aliphatic carbocycles. The lowest BCUT2D eigenvalue weighted by molar-refractivity contribution is -0.136. The van der Waals surface area contributed by atoms with E-state index in [0.717, 1.165) is 6.07 Å². The number of amides is 3. The number of piperidine rings is 1. The highest BCUT2D eigenvalue weighted by Crippen LogP contribution is 2.37. The standard InChI is InChI=1S/C17H18F2N4O3/c18-10-7-12(22-5-3-20-4-6-22)9-8-23(17(26)14(9)15(10)19)11-1-2-13(24)21-16(11)25/h7,11,20H,1-6,8H2,(H,21,24,25). The minimum Gasteiger partial charge on any atom is -0.369 e. The summed E-state index contributed by atoms with van der Waals surface area (Å²) in [5, 5.41) is 5.38. The second kappa shape index (κ2) is 6.31. The predicted octanol–water partition coefficient (Wildman–Crippen LogP) is 0.135. The predicted molar refractivity (Wildman–Crippen MR) is 87.5 cm³/mol. The van der Waals surface area contributed by atoms with Crippen LogP contribution < -0.4 is 15.5 Å². The molecule has 3 amide bonds. The molecule has 0 bridgehead atoms. The summed E-state index contributed by atoms with van der Waals surface area (Å²) in [6.45, 7) is 2.67. The second-order valence-corrected chi connectivity index (χ2v) is 6.68. The fourth-order valence-corrected chi connectivity index (χ4v) is 3.84. The molecule has 26 heavy (non-hydrogen) atoms. The zero-order valence-electron chi connectivity index (χ0n) is 14.0. The molecule has 2 saturated heterocycles. The SMILES string of the molecule is O=C1CCC(N2Cc3c(N4CCNCC4)cc(F)c(F)c3C2=O)C(=O)N1. The van der Waals surface area contributed by atoms with Crippen LogP contribution in [0.3, 0.4) is 0 Å². The van der Waals surface area contributed by atoms with Crippen LogP contribution in [0.25, 0.3) is 0 Å². The van der Waals surface area contributed by atoms with Crippen molar-refractivity contribution in [2.75, 3.05) is 31.1 Å². The fourth-order valence-electron chi connectivity index (χ4n) is 3.84. The first-order chi connectivity index (χ1) is 12.5. The summed E-state index contributed by atoms with van der Waals surface area (Å²) in [4.78, 5) is 39.4. The second-order valence-electron chi connectivity index (χ2n) is 6.68. The molecule has 0 radical (unpaired) electrons. The normalized spacial score (nSPS) is 23.3. The zero-order valence-corrected chi connectivity index (χ0v) is 14.0. The summed E-state index contributed by atoms with van der Waals surface area (Å²) in [6.07, 6.45) is 0.287. The number of halogens is 2. The van der Waals surface area contributed by atoms with Crippen molar-refractivity contribution in [2.24, 2.45) is 0 Å². The largest absolute Gasteiger partial charge is 0.369 e. The highest BCUT2D eigenvalue weighted by atomic mass is 19.2. The number of nitrogens with zero attached hydrogens (tertiary/aromatic N) is 2. The van der Waals surface area contributed by atoms with E-state index in [-0.39, 0.29) is 24.9 Å². The Hall–Kier alpha value is -2.55. The summed E-state index contributed by atoms with van der Waals surface area (Å²) >= 11 is 0. The van der Waals surface area contributed by atoms with Crippen molar-refractivity contribution in [1.82, 2.24) is 15.5 Å². The smallest absolute Gasteiger partial charge is 0.258 e. The molecule has 1 atom stereocenters. The molecule has 3 aliphatic rings. The molecule has 2 N–H and O–H groups in total. The molecule has 138 valence electrons. The van der Waals surface area contributed by atoms with Gasteiger partial charge in [0.15, 0.2) is 11.6 Å².